The Bertz CT molecular complexity index is 256. The minimum atomic E-state index is -0.721. The number of hydrogen-bond donors (Lipinski definition) is 1. The van der Waals surface area contributed by atoms with E-state index in [4.69, 9.17) is 9.84 Å². The molecule has 0 spiro atoms. The van der Waals surface area contributed by atoms with Gasteiger partial charge < -0.3 is 19.6 Å². The van der Waals surface area contributed by atoms with Gasteiger partial charge in [0, 0.05) is 45.8 Å². The van der Waals surface area contributed by atoms with Crippen LogP contribution in [-0.4, -0.2) is 98.9 Å². The number of morpholine rings is 1. The standard InChI is InChI=1S/C13H27N3O3/c1-14(2)5-6-15(4-3-13(17)18)7-8-16-9-11-19-12-10-16/h3-12H2,1-2H3,(H,17,18). The van der Waals surface area contributed by atoms with Crippen LogP contribution >= 0.6 is 0 Å². The van der Waals surface area contributed by atoms with E-state index in [0.29, 0.717) is 6.54 Å². The molecule has 0 aromatic carbocycles. The Balaban J connectivity index is 2.27. The third-order valence-corrected chi connectivity index (χ3v) is 3.34. The quantitative estimate of drug-likeness (QED) is 0.620. The molecule has 6 heteroatoms. The van der Waals surface area contributed by atoms with Gasteiger partial charge in [-0.15, -0.1) is 0 Å². The maximum absolute atomic E-state index is 10.7. The summed E-state index contributed by atoms with van der Waals surface area (Å²) in [6.07, 6.45) is 0.219. The van der Waals surface area contributed by atoms with Gasteiger partial charge in [-0.3, -0.25) is 9.69 Å². The van der Waals surface area contributed by atoms with Gasteiger partial charge in [-0.1, -0.05) is 0 Å². The summed E-state index contributed by atoms with van der Waals surface area (Å²) in [5, 5.41) is 8.79. The van der Waals surface area contributed by atoms with Gasteiger partial charge in [-0.25, -0.2) is 0 Å². The van der Waals surface area contributed by atoms with Crippen molar-refractivity contribution in [2.45, 2.75) is 6.42 Å². The highest BCUT2D eigenvalue weighted by Gasteiger charge is 2.13. The molecule has 0 amide bonds. The fraction of sp³-hybridized carbons (Fsp3) is 0.923. The zero-order chi connectivity index (χ0) is 14.1. The Morgan fingerprint density at radius 3 is 2.42 bits per heavy atom. The molecule has 1 saturated heterocycles. The van der Waals surface area contributed by atoms with Gasteiger partial charge in [0.2, 0.25) is 0 Å². The lowest BCUT2D eigenvalue weighted by atomic mass is 10.3. The lowest BCUT2D eigenvalue weighted by Gasteiger charge is -2.30. The number of ether oxygens (including phenoxy) is 1. The number of carboxylic acid groups (broad SMARTS) is 1. The highest BCUT2D eigenvalue weighted by molar-refractivity contribution is 5.66. The molecule has 1 rings (SSSR count). The van der Waals surface area contributed by atoms with Crippen molar-refractivity contribution in [3.63, 3.8) is 0 Å². The smallest absolute Gasteiger partial charge is 0.304 e. The normalized spacial score (nSPS) is 17.3. The fourth-order valence-corrected chi connectivity index (χ4v) is 2.04. The second kappa shape index (κ2) is 9.25. The van der Waals surface area contributed by atoms with Crippen molar-refractivity contribution >= 4 is 5.97 Å². The van der Waals surface area contributed by atoms with E-state index in [1.807, 2.05) is 14.1 Å². The Morgan fingerprint density at radius 1 is 1.16 bits per heavy atom. The topological polar surface area (TPSA) is 56.2 Å². The molecule has 1 aliphatic heterocycles. The van der Waals surface area contributed by atoms with E-state index in [0.717, 1.165) is 52.5 Å². The number of likely N-dealkylation sites (N-methyl/N-ethyl adjacent to an activating group) is 1. The molecular formula is C13H27N3O3. The number of carboxylic acids is 1. The number of carbonyl (C=O) groups is 1. The van der Waals surface area contributed by atoms with Crippen molar-refractivity contribution in [3.8, 4) is 0 Å². The van der Waals surface area contributed by atoms with E-state index in [2.05, 4.69) is 14.7 Å². The van der Waals surface area contributed by atoms with Crippen LogP contribution in [0.25, 0.3) is 0 Å². The third kappa shape index (κ3) is 8.15. The van der Waals surface area contributed by atoms with Crippen molar-refractivity contribution in [2.24, 2.45) is 0 Å². The minimum absolute atomic E-state index is 0.219. The van der Waals surface area contributed by atoms with Crippen LogP contribution in [0.2, 0.25) is 0 Å². The summed E-state index contributed by atoms with van der Waals surface area (Å²) >= 11 is 0. The van der Waals surface area contributed by atoms with Gasteiger partial charge in [0.1, 0.15) is 0 Å². The molecule has 0 saturated carbocycles. The average molecular weight is 273 g/mol. The molecule has 112 valence electrons. The summed E-state index contributed by atoms with van der Waals surface area (Å²) in [4.78, 5) is 17.4. The first kappa shape index (κ1) is 16.4. The fourth-order valence-electron chi connectivity index (χ4n) is 2.04. The zero-order valence-electron chi connectivity index (χ0n) is 12.2. The van der Waals surface area contributed by atoms with Crippen LogP contribution < -0.4 is 0 Å². The Morgan fingerprint density at radius 2 is 1.84 bits per heavy atom. The first-order valence-electron chi connectivity index (χ1n) is 6.97. The van der Waals surface area contributed by atoms with E-state index in [-0.39, 0.29) is 6.42 Å². The molecule has 1 N–H and O–H groups in total. The summed E-state index contributed by atoms with van der Waals surface area (Å²) in [6, 6.07) is 0. The summed E-state index contributed by atoms with van der Waals surface area (Å²) in [5.74, 6) is -0.721. The van der Waals surface area contributed by atoms with E-state index >= 15 is 0 Å². The highest BCUT2D eigenvalue weighted by Crippen LogP contribution is 1.99. The molecule has 1 fully saturated rings. The van der Waals surface area contributed by atoms with E-state index in [9.17, 15) is 4.79 Å². The van der Waals surface area contributed by atoms with Crippen LogP contribution in [-0.2, 0) is 9.53 Å². The van der Waals surface area contributed by atoms with E-state index < -0.39 is 5.97 Å². The van der Waals surface area contributed by atoms with Crippen LogP contribution in [0.1, 0.15) is 6.42 Å². The van der Waals surface area contributed by atoms with Gasteiger partial charge in [0.25, 0.3) is 0 Å². The minimum Gasteiger partial charge on any atom is -0.481 e. The molecule has 0 atom stereocenters. The summed E-state index contributed by atoms with van der Waals surface area (Å²) in [5.41, 5.74) is 0. The summed E-state index contributed by atoms with van der Waals surface area (Å²) in [6.45, 7) is 8.04. The molecule has 19 heavy (non-hydrogen) atoms. The van der Waals surface area contributed by atoms with Crippen molar-refractivity contribution in [3.05, 3.63) is 0 Å². The summed E-state index contributed by atoms with van der Waals surface area (Å²) < 4.78 is 5.32. The largest absolute Gasteiger partial charge is 0.481 e. The lowest BCUT2D eigenvalue weighted by molar-refractivity contribution is -0.137. The monoisotopic (exact) mass is 273 g/mol. The van der Waals surface area contributed by atoms with E-state index in [1.54, 1.807) is 0 Å². The number of aliphatic carboxylic acids is 1. The van der Waals surface area contributed by atoms with Crippen molar-refractivity contribution < 1.29 is 14.6 Å². The first-order chi connectivity index (χ1) is 9.08. The van der Waals surface area contributed by atoms with Gasteiger partial charge in [0.15, 0.2) is 0 Å². The molecule has 0 bridgehead atoms. The Labute approximate surface area is 115 Å². The third-order valence-electron chi connectivity index (χ3n) is 3.34. The van der Waals surface area contributed by atoms with Crippen LogP contribution in [0.15, 0.2) is 0 Å². The highest BCUT2D eigenvalue weighted by atomic mass is 16.5. The predicted molar refractivity (Wildman–Crippen MR) is 74.5 cm³/mol. The number of hydrogen-bond acceptors (Lipinski definition) is 5. The maximum atomic E-state index is 10.7. The van der Waals surface area contributed by atoms with Crippen molar-refractivity contribution in [2.75, 3.05) is 73.1 Å². The van der Waals surface area contributed by atoms with E-state index in [1.165, 1.54) is 0 Å². The Hall–Kier alpha value is -0.690. The number of nitrogens with zero attached hydrogens (tertiary/aromatic N) is 3. The molecule has 1 aliphatic rings. The summed E-state index contributed by atoms with van der Waals surface area (Å²) in [7, 11) is 4.08. The molecule has 1 heterocycles. The molecular weight excluding hydrogens is 246 g/mol. The SMILES string of the molecule is CN(C)CCN(CCC(=O)O)CCN1CCOCC1. The van der Waals surface area contributed by atoms with Crippen LogP contribution in [0.5, 0.6) is 0 Å². The molecule has 0 aromatic heterocycles. The van der Waals surface area contributed by atoms with Crippen LogP contribution in [0.3, 0.4) is 0 Å². The first-order valence-corrected chi connectivity index (χ1v) is 6.97. The van der Waals surface area contributed by atoms with Crippen molar-refractivity contribution in [1.82, 2.24) is 14.7 Å². The lowest BCUT2D eigenvalue weighted by Crippen LogP contribution is -2.43. The van der Waals surface area contributed by atoms with Crippen LogP contribution in [0.4, 0.5) is 0 Å². The molecule has 0 unspecified atom stereocenters. The molecule has 0 aliphatic carbocycles. The van der Waals surface area contributed by atoms with Crippen molar-refractivity contribution in [1.29, 1.82) is 0 Å². The Kier molecular flexibility index (Phi) is 7.97. The average Bonchev–Trinajstić information content (AvgIpc) is 2.38. The van der Waals surface area contributed by atoms with Crippen LogP contribution in [0, 0.1) is 0 Å². The second-order valence-corrected chi connectivity index (χ2v) is 5.24. The molecule has 0 radical (unpaired) electrons. The zero-order valence-corrected chi connectivity index (χ0v) is 12.2. The second-order valence-electron chi connectivity index (χ2n) is 5.24. The van der Waals surface area contributed by atoms with Gasteiger partial charge in [0.05, 0.1) is 19.6 Å². The van der Waals surface area contributed by atoms with Gasteiger partial charge >= 0.3 is 5.97 Å². The predicted octanol–water partition coefficient (Wildman–Crippen LogP) is -0.343. The number of rotatable bonds is 9. The van der Waals surface area contributed by atoms with Gasteiger partial charge in [-0.2, -0.15) is 0 Å². The molecule has 6 nitrogen and oxygen atoms in total. The maximum Gasteiger partial charge on any atom is 0.304 e. The molecule has 0 aromatic rings. The van der Waals surface area contributed by atoms with Gasteiger partial charge in [-0.05, 0) is 14.1 Å².